The van der Waals surface area contributed by atoms with Crippen LogP contribution in [0, 0.1) is 0 Å². The van der Waals surface area contributed by atoms with Gasteiger partial charge in [-0.25, -0.2) is 0 Å². The smallest absolute Gasteiger partial charge is 0.0495 e. The zero-order valence-electron chi connectivity index (χ0n) is 10.1. The van der Waals surface area contributed by atoms with Crippen LogP contribution in [0.4, 0.5) is 0 Å². The van der Waals surface area contributed by atoms with E-state index in [2.05, 4.69) is 37.6 Å². The summed E-state index contributed by atoms with van der Waals surface area (Å²) in [5.74, 6) is 0. The number of hydrogen-bond donors (Lipinski definition) is 1. The van der Waals surface area contributed by atoms with Gasteiger partial charge in [-0.1, -0.05) is 5.57 Å². The van der Waals surface area contributed by atoms with Gasteiger partial charge in [-0.05, 0) is 39.1 Å². The van der Waals surface area contributed by atoms with E-state index in [0.29, 0.717) is 10.00 Å². The predicted octanol–water partition coefficient (Wildman–Crippen LogP) is 2.02. The normalized spacial score (nSPS) is 28.3. The second kappa shape index (κ2) is 5.62. The standard InChI is InChI=1S/C11H22N2S2/c1-9-5-11(15-7-9,8-13(2)3)10(6-12)14-4/h7,10H,5-6,8,12H2,1-4H3. The van der Waals surface area contributed by atoms with E-state index in [4.69, 9.17) is 5.73 Å². The number of rotatable bonds is 5. The first kappa shape index (κ1) is 13.4. The van der Waals surface area contributed by atoms with E-state index in [-0.39, 0.29) is 0 Å². The summed E-state index contributed by atoms with van der Waals surface area (Å²) in [6.45, 7) is 4.09. The van der Waals surface area contributed by atoms with Gasteiger partial charge >= 0.3 is 0 Å². The van der Waals surface area contributed by atoms with Crippen LogP contribution in [0.3, 0.4) is 0 Å². The molecule has 1 aliphatic heterocycles. The molecule has 4 heteroatoms. The molecular weight excluding hydrogens is 224 g/mol. The molecule has 1 rings (SSSR count). The lowest BCUT2D eigenvalue weighted by atomic mass is 9.95. The second-order valence-corrected chi connectivity index (χ2v) is 6.85. The van der Waals surface area contributed by atoms with E-state index in [1.54, 1.807) is 0 Å². The summed E-state index contributed by atoms with van der Waals surface area (Å²) in [7, 11) is 4.29. The Labute approximate surface area is 102 Å². The van der Waals surface area contributed by atoms with Crippen molar-refractivity contribution in [2.45, 2.75) is 23.3 Å². The van der Waals surface area contributed by atoms with Gasteiger partial charge in [0.1, 0.15) is 0 Å². The summed E-state index contributed by atoms with van der Waals surface area (Å²) < 4.78 is 0.293. The molecule has 2 atom stereocenters. The fourth-order valence-corrected chi connectivity index (χ4v) is 4.87. The maximum absolute atomic E-state index is 5.89. The lowest BCUT2D eigenvalue weighted by molar-refractivity contribution is 0.345. The van der Waals surface area contributed by atoms with Gasteiger partial charge in [0, 0.05) is 23.1 Å². The van der Waals surface area contributed by atoms with Crippen molar-refractivity contribution >= 4 is 23.5 Å². The van der Waals surface area contributed by atoms with Crippen molar-refractivity contribution in [3.63, 3.8) is 0 Å². The number of nitrogens with two attached hydrogens (primary N) is 1. The lowest BCUT2D eigenvalue weighted by Crippen LogP contribution is -2.47. The van der Waals surface area contributed by atoms with Gasteiger partial charge in [0.2, 0.25) is 0 Å². The van der Waals surface area contributed by atoms with E-state index in [9.17, 15) is 0 Å². The molecular formula is C11H22N2S2. The highest BCUT2D eigenvalue weighted by Gasteiger charge is 2.41. The minimum Gasteiger partial charge on any atom is -0.329 e. The van der Waals surface area contributed by atoms with Crippen LogP contribution in [0.15, 0.2) is 11.0 Å². The molecule has 0 amide bonds. The summed E-state index contributed by atoms with van der Waals surface area (Å²) in [5.41, 5.74) is 7.39. The molecule has 1 heterocycles. The van der Waals surface area contributed by atoms with E-state index in [1.165, 1.54) is 12.0 Å². The molecule has 0 aromatic carbocycles. The van der Waals surface area contributed by atoms with Crippen LogP contribution in [0.5, 0.6) is 0 Å². The van der Waals surface area contributed by atoms with Crippen LogP contribution in [0.2, 0.25) is 0 Å². The Bertz CT molecular complexity index is 237. The molecule has 0 saturated heterocycles. The molecule has 0 aromatic rings. The van der Waals surface area contributed by atoms with Crippen molar-refractivity contribution in [1.29, 1.82) is 0 Å². The number of allylic oxidation sites excluding steroid dienone is 1. The molecule has 0 radical (unpaired) electrons. The molecule has 0 aliphatic carbocycles. The fraction of sp³-hybridized carbons (Fsp3) is 0.818. The molecule has 0 fully saturated rings. The van der Waals surface area contributed by atoms with Gasteiger partial charge in [-0.15, -0.1) is 11.8 Å². The Morgan fingerprint density at radius 1 is 1.67 bits per heavy atom. The summed E-state index contributed by atoms with van der Waals surface area (Å²) in [6, 6.07) is 0. The summed E-state index contributed by atoms with van der Waals surface area (Å²) in [4.78, 5) is 2.28. The van der Waals surface area contributed by atoms with Crippen molar-refractivity contribution in [2.75, 3.05) is 33.4 Å². The Kier molecular flexibility index (Phi) is 5.03. The molecule has 1 aliphatic rings. The first-order chi connectivity index (χ1) is 7.04. The lowest BCUT2D eigenvalue weighted by Gasteiger charge is -2.37. The first-order valence-electron chi connectivity index (χ1n) is 5.25. The van der Waals surface area contributed by atoms with Gasteiger partial charge in [-0.2, -0.15) is 11.8 Å². The maximum atomic E-state index is 5.89. The Morgan fingerprint density at radius 2 is 2.33 bits per heavy atom. The van der Waals surface area contributed by atoms with Crippen LogP contribution in [-0.2, 0) is 0 Å². The SMILES string of the molecule is CSC(CN)C1(CN(C)C)CC(C)=CS1. The Hall–Kier alpha value is 0.360. The van der Waals surface area contributed by atoms with Gasteiger partial charge in [0.25, 0.3) is 0 Å². The molecule has 2 nitrogen and oxygen atoms in total. The topological polar surface area (TPSA) is 29.3 Å². The maximum Gasteiger partial charge on any atom is 0.0495 e. The second-order valence-electron chi connectivity index (χ2n) is 4.52. The summed E-state index contributed by atoms with van der Waals surface area (Å²) in [5, 5.41) is 2.85. The van der Waals surface area contributed by atoms with Crippen LogP contribution in [0.25, 0.3) is 0 Å². The number of nitrogens with zero attached hydrogens (tertiary/aromatic N) is 1. The van der Waals surface area contributed by atoms with E-state index < -0.39 is 0 Å². The van der Waals surface area contributed by atoms with Gasteiger partial charge < -0.3 is 10.6 Å². The highest BCUT2D eigenvalue weighted by molar-refractivity contribution is 8.06. The van der Waals surface area contributed by atoms with Gasteiger partial charge in [0.05, 0.1) is 0 Å². The minimum absolute atomic E-state index is 0.293. The number of thioether (sulfide) groups is 2. The van der Waals surface area contributed by atoms with E-state index in [1.807, 2.05) is 23.5 Å². The van der Waals surface area contributed by atoms with Gasteiger partial charge in [0.15, 0.2) is 0 Å². The molecule has 15 heavy (non-hydrogen) atoms. The van der Waals surface area contributed by atoms with Crippen molar-refractivity contribution in [1.82, 2.24) is 4.90 Å². The number of hydrogen-bond acceptors (Lipinski definition) is 4. The quantitative estimate of drug-likeness (QED) is 0.803. The molecule has 2 unspecified atom stereocenters. The van der Waals surface area contributed by atoms with Crippen molar-refractivity contribution < 1.29 is 0 Å². The first-order valence-corrected chi connectivity index (χ1v) is 7.42. The van der Waals surface area contributed by atoms with Crippen LogP contribution in [-0.4, -0.2) is 48.3 Å². The molecule has 0 spiro atoms. The zero-order chi connectivity index (χ0) is 11.5. The average molecular weight is 246 g/mol. The van der Waals surface area contributed by atoms with Crippen molar-refractivity contribution in [3.8, 4) is 0 Å². The Balaban J connectivity index is 2.78. The van der Waals surface area contributed by atoms with E-state index in [0.717, 1.165) is 13.1 Å². The summed E-state index contributed by atoms with van der Waals surface area (Å²) >= 11 is 3.88. The Morgan fingerprint density at radius 3 is 2.67 bits per heavy atom. The minimum atomic E-state index is 0.293. The van der Waals surface area contributed by atoms with E-state index >= 15 is 0 Å². The zero-order valence-corrected chi connectivity index (χ0v) is 11.8. The van der Waals surface area contributed by atoms with Crippen LogP contribution >= 0.6 is 23.5 Å². The average Bonchev–Trinajstić information content (AvgIpc) is 2.49. The third kappa shape index (κ3) is 3.16. The van der Waals surface area contributed by atoms with Crippen molar-refractivity contribution in [2.24, 2.45) is 5.73 Å². The monoisotopic (exact) mass is 246 g/mol. The molecule has 0 bridgehead atoms. The molecule has 0 aromatic heterocycles. The predicted molar refractivity (Wildman–Crippen MR) is 73.6 cm³/mol. The third-order valence-electron chi connectivity index (χ3n) is 2.74. The fourth-order valence-electron chi connectivity index (χ4n) is 2.22. The molecule has 88 valence electrons. The molecule has 2 N–H and O–H groups in total. The highest BCUT2D eigenvalue weighted by atomic mass is 32.2. The largest absolute Gasteiger partial charge is 0.329 e. The van der Waals surface area contributed by atoms with Crippen LogP contribution < -0.4 is 5.73 Å². The third-order valence-corrected chi connectivity index (χ3v) is 5.65. The van der Waals surface area contributed by atoms with Crippen LogP contribution in [0.1, 0.15) is 13.3 Å². The van der Waals surface area contributed by atoms with Gasteiger partial charge in [-0.3, -0.25) is 0 Å². The van der Waals surface area contributed by atoms with Crippen molar-refractivity contribution in [3.05, 3.63) is 11.0 Å². The molecule has 0 saturated carbocycles. The summed E-state index contributed by atoms with van der Waals surface area (Å²) in [6.07, 6.45) is 3.35. The highest BCUT2D eigenvalue weighted by Crippen LogP contribution is 2.46.